The van der Waals surface area contributed by atoms with Gasteiger partial charge in [-0.2, -0.15) is 5.10 Å². The van der Waals surface area contributed by atoms with Crippen LogP contribution in [0.5, 0.6) is 0 Å². The van der Waals surface area contributed by atoms with Crippen molar-refractivity contribution in [1.82, 2.24) is 14.8 Å². The van der Waals surface area contributed by atoms with E-state index < -0.39 is 0 Å². The van der Waals surface area contributed by atoms with Crippen LogP contribution in [0.3, 0.4) is 0 Å². The number of anilines is 1. The predicted molar refractivity (Wildman–Crippen MR) is 62.3 cm³/mol. The molecule has 2 rings (SSSR count). The lowest BCUT2D eigenvalue weighted by atomic mass is 10.3. The molecule has 0 bridgehead atoms. The summed E-state index contributed by atoms with van der Waals surface area (Å²) in [5.74, 6) is 0.481. The summed E-state index contributed by atoms with van der Waals surface area (Å²) in [6.07, 6.45) is 1.55. The average Bonchev–Trinajstić information content (AvgIpc) is 2.75. The number of thiazole rings is 1. The van der Waals surface area contributed by atoms with Gasteiger partial charge in [0.25, 0.3) is 0 Å². The lowest BCUT2D eigenvalue weighted by molar-refractivity contribution is 0.561. The van der Waals surface area contributed by atoms with Crippen LogP contribution in [0, 0.1) is 6.92 Å². The zero-order valence-electron chi connectivity index (χ0n) is 8.44. The predicted octanol–water partition coefficient (Wildman–Crippen LogP) is 2.49. The van der Waals surface area contributed by atoms with Gasteiger partial charge in [-0.25, -0.2) is 9.67 Å². The van der Waals surface area contributed by atoms with Gasteiger partial charge in [-0.05, 0) is 13.8 Å². The molecule has 0 saturated heterocycles. The van der Waals surface area contributed by atoms with Gasteiger partial charge in [0.2, 0.25) is 0 Å². The molecule has 1 unspecified atom stereocenters. The Morgan fingerprint density at radius 3 is 2.80 bits per heavy atom. The van der Waals surface area contributed by atoms with E-state index in [-0.39, 0.29) is 6.04 Å². The van der Waals surface area contributed by atoms with Crippen LogP contribution in [-0.2, 0) is 0 Å². The molecule has 0 aliphatic carbocycles. The third-order valence-electron chi connectivity index (χ3n) is 2.22. The molecule has 2 aromatic heterocycles. The molecule has 2 heterocycles. The highest BCUT2D eigenvalue weighted by Crippen LogP contribution is 2.25. The molecule has 2 N–H and O–H groups in total. The summed E-state index contributed by atoms with van der Waals surface area (Å²) in [4.78, 5) is 4.40. The van der Waals surface area contributed by atoms with Crippen LogP contribution < -0.4 is 5.73 Å². The second-order valence-corrected chi connectivity index (χ2v) is 4.76. The van der Waals surface area contributed by atoms with E-state index >= 15 is 0 Å². The number of nitrogens with two attached hydrogens (primary N) is 1. The van der Waals surface area contributed by atoms with Crippen molar-refractivity contribution >= 4 is 28.8 Å². The molecule has 0 aliphatic rings. The molecule has 2 aromatic rings. The van der Waals surface area contributed by atoms with Crippen molar-refractivity contribution in [2.24, 2.45) is 0 Å². The lowest BCUT2D eigenvalue weighted by Gasteiger charge is -2.11. The first-order valence-electron chi connectivity index (χ1n) is 4.50. The number of aromatic nitrogens is 3. The van der Waals surface area contributed by atoms with Crippen molar-refractivity contribution in [2.45, 2.75) is 19.9 Å². The van der Waals surface area contributed by atoms with E-state index in [4.69, 9.17) is 17.3 Å². The number of aryl methyl sites for hydroxylation is 1. The van der Waals surface area contributed by atoms with Crippen molar-refractivity contribution in [3.8, 4) is 0 Å². The van der Waals surface area contributed by atoms with Crippen molar-refractivity contribution in [3.63, 3.8) is 0 Å². The SMILES string of the molecule is Cc1nc(C(C)n2ncc(Cl)c2N)cs1. The van der Waals surface area contributed by atoms with Gasteiger partial charge >= 0.3 is 0 Å². The molecule has 0 saturated carbocycles. The van der Waals surface area contributed by atoms with Gasteiger partial charge < -0.3 is 5.73 Å². The van der Waals surface area contributed by atoms with Crippen LogP contribution in [0.2, 0.25) is 5.02 Å². The van der Waals surface area contributed by atoms with Gasteiger partial charge in [-0.3, -0.25) is 0 Å². The molecule has 6 heteroatoms. The zero-order valence-corrected chi connectivity index (χ0v) is 10.0. The van der Waals surface area contributed by atoms with Crippen LogP contribution in [0.4, 0.5) is 5.82 Å². The third-order valence-corrected chi connectivity index (χ3v) is 3.30. The molecule has 0 amide bonds. The maximum absolute atomic E-state index is 5.84. The maximum Gasteiger partial charge on any atom is 0.141 e. The number of nitrogens with zero attached hydrogens (tertiary/aromatic N) is 3. The van der Waals surface area contributed by atoms with Gasteiger partial charge in [0.15, 0.2) is 0 Å². The first-order chi connectivity index (χ1) is 7.09. The quantitative estimate of drug-likeness (QED) is 0.880. The number of hydrogen-bond donors (Lipinski definition) is 1. The summed E-state index contributed by atoms with van der Waals surface area (Å²) in [6.45, 7) is 3.97. The molecule has 80 valence electrons. The zero-order chi connectivity index (χ0) is 11.0. The second-order valence-electron chi connectivity index (χ2n) is 3.29. The fourth-order valence-electron chi connectivity index (χ4n) is 1.36. The van der Waals surface area contributed by atoms with E-state index in [1.807, 2.05) is 19.2 Å². The summed E-state index contributed by atoms with van der Waals surface area (Å²) in [6, 6.07) is 0.0162. The Morgan fingerprint density at radius 2 is 2.33 bits per heavy atom. The lowest BCUT2D eigenvalue weighted by Crippen LogP contribution is -2.11. The summed E-state index contributed by atoms with van der Waals surface area (Å²) >= 11 is 7.45. The highest BCUT2D eigenvalue weighted by Gasteiger charge is 2.15. The largest absolute Gasteiger partial charge is 0.383 e. The van der Waals surface area contributed by atoms with Crippen LogP contribution in [0.25, 0.3) is 0 Å². The topological polar surface area (TPSA) is 56.7 Å². The first-order valence-corrected chi connectivity index (χ1v) is 5.76. The number of rotatable bonds is 2. The van der Waals surface area contributed by atoms with Crippen LogP contribution in [-0.4, -0.2) is 14.8 Å². The summed E-state index contributed by atoms with van der Waals surface area (Å²) in [7, 11) is 0. The van der Waals surface area contributed by atoms with Crippen molar-refractivity contribution in [1.29, 1.82) is 0 Å². The van der Waals surface area contributed by atoms with Crippen molar-refractivity contribution in [2.75, 3.05) is 5.73 Å². The van der Waals surface area contributed by atoms with Gasteiger partial charge in [0.05, 0.1) is 22.9 Å². The smallest absolute Gasteiger partial charge is 0.141 e. The minimum absolute atomic E-state index is 0.0162. The van der Waals surface area contributed by atoms with E-state index in [1.54, 1.807) is 22.2 Å². The Labute approximate surface area is 96.7 Å². The number of nitrogen functional groups attached to an aromatic ring is 1. The third kappa shape index (κ3) is 1.85. The van der Waals surface area contributed by atoms with E-state index in [2.05, 4.69) is 10.1 Å². The van der Waals surface area contributed by atoms with Crippen LogP contribution in [0.1, 0.15) is 23.7 Å². The minimum atomic E-state index is 0.0162. The Morgan fingerprint density at radius 1 is 1.60 bits per heavy atom. The molecule has 0 aromatic carbocycles. The van der Waals surface area contributed by atoms with E-state index in [0.717, 1.165) is 10.7 Å². The van der Waals surface area contributed by atoms with E-state index in [1.165, 1.54) is 0 Å². The second kappa shape index (κ2) is 3.83. The summed E-state index contributed by atoms with van der Waals surface area (Å²) in [5, 5.41) is 7.65. The molecule has 15 heavy (non-hydrogen) atoms. The normalized spacial score (nSPS) is 13.0. The molecule has 0 spiro atoms. The summed E-state index contributed by atoms with van der Waals surface area (Å²) in [5.41, 5.74) is 6.75. The van der Waals surface area contributed by atoms with Gasteiger partial charge in [-0.15, -0.1) is 11.3 Å². The Kier molecular flexibility index (Phi) is 2.67. The first kappa shape index (κ1) is 10.4. The summed E-state index contributed by atoms with van der Waals surface area (Å²) < 4.78 is 1.68. The molecule has 4 nitrogen and oxygen atoms in total. The standard InChI is InChI=1S/C9H11ClN4S/c1-5(8-4-15-6(2)13-8)14-9(11)7(10)3-12-14/h3-5H,11H2,1-2H3. The Hall–Kier alpha value is -1.07. The molecular weight excluding hydrogens is 232 g/mol. The van der Waals surface area contributed by atoms with Crippen molar-refractivity contribution in [3.05, 3.63) is 27.3 Å². The Balaban J connectivity index is 2.36. The van der Waals surface area contributed by atoms with Crippen molar-refractivity contribution < 1.29 is 0 Å². The minimum Gasteiger partial charge on any atom is -0.383 e. The number of hydrogen-bond acceptors (Lipinski definition) is 4. The van der Waals surface area contributed by atoms with Gasteiger partial charge in [0, 0.05) is 5.38 Å². The highest BCUT2D eigenvalue weighted by atomic mass is 35.5. The number of halogens is 1. The fraction of sp³-hybridized carbons (Fsp3) is 0.333. The van der Waals surface area contributed by atoms with Gasteiger partial charge in [0.1, 0.15) is 10.8 Å². The van der Waals surface area contributed by atoms with E-state index in [0.29, 0.717) is 10.8 Å². The Bertz CT molecular complexity index is 476. The molecule has 0 fully saturated rings. The van der Waals surface area contributed by atoms with Crippen LogP contribution >= 0.6 is 22.9 Å². The van der Waals surface area contributed by atoms with Gasteiger partial charge in [-0.1, -0.05) is 11.6 Å². The molecule has 0 radical (unpaired) electrons. The maximum atomic E-state index is 5.84. The monoisotopic (exact) mass is 242 g/mol. The van der Waals surface area contributed by atoms with Crippen LogP contribution in [0.15, 0.2) is 11.6 Å². The molecular formula is C9H11ClN4S. The molecule has 0 aliphatic heterocycles. The fourth-order valence-corrected chi connectivity index (χ4v) is 2.19. The van der Waals surface area contributed by atoms with E-state index in [9.17, 15) is 0 Å². The highest BCUT2D eigenvalue weighted by molar-refractivity contribution is 7.09. The average molecular weight is 243 g/mol. The molecule has 1 atom stereocenters.